The lowest BCUT2D eigenvalue weighted by Crippen LogP contribution is -2.61. The minimum absolute atomic E-state index is 0.0396. The standard InChI is InChI=1S/C40H43N3O9/c1-47-40-38(51-25-31-15-9-4-10-16-31)37(50-24-30-13-7-3-8-14-30)36(49-23-29-11-5-2-6-12-29)35(52-40)27-48-26-32-22-43(42-41-32)34(39(45)46)21-28-17-19-33(44)20-18-28/h2-20,22,34-38,40,44H,21,23-27H2,1H3,(H,45,46)/t34-,35+,36+,37-,38+,40-/m0/s1. The van der Waals surface area contributed by atoms with Crippen molar-refractivity contribution in [3.63, 3.8) is 0 Å². The van der Waals surface area contributed by atoms with Gasteiger partial charge >= 0.3 is 5.97 Å². The summed E-state index contributed by atoms with van der Waals surface area (Å²) in [4.78, 5) is 12.2. The van der Waals surface area contributed by atoms with Gasteiger partial charge in [-0.15, -0.1) is 5.10 Å². The smallest absolute Gasteiger partial charge is 0.328 e. The Morgan fingerprint density at radius 2 is 1.27 bits per heavy atom. The van der Waals surface area contributed by atoms with E-state index in [1.807, 2.05) is 91.0 Å². The number of aromatic hydroxyl groups is 1. The Morgan fingerprint density at radius 1 is 0.731 bits per heavy atom. The van der Waals surface area contributed by atoms with Crippen molar-refractivity contribution in [3.8, 4) is 5.75 Å². The first-order valence-corrected chi connectivity index (χ1v) is 17.1. The second kappa shape index (κ2) is 18.5. The van der Waals surface area contributed by atoms with Gasteiger partial charge in [-0.2, -0.15) is 0 Å². The molecule has 0 amide bonds. The van der Waals surface area contributed by atoms with Crippen molar-refractivity contribution in [3.05, 3.63) is 149 Å². The first-order valence-electron chi connectivity index (χ1n) is 17.1. The van der Waals surface area contributed by atoms with Crippen molar-refractivity contribution in [1.82, 2.24) is 15.0 Å². The largest absolute Gasteiger partial charge is 0.508 e. The van der Waals surface area contributed by atoms with Crippen molar-refractivity contribution in [2.45, 2.75) is 69.6 Å². The van der Waals surface area contributed by atoms with E-state index in [0.717, 1.165) is 22.3 Å². The first-order chi connectivity index (χ1) is 25.5. The summed E-state index contributed by atoms with van der Waals surface area (Å²) in [5.74, 6) is -0.956. The maximum atomic E-state index is 12.2. The molecule has 1 aliphatic rings. The van der Waals surface area contributed by atoms with Crippen LogP contribution in [-0.2, 0) is 66.1 Å². The molecule has 52 heavy (non-hydrogen) atoms. The van der Waals surface area contributed by atoms with Crippen molar-refractivity contribution >= 4 is 5.97 Å². The van der Waals surface area contributed by atoms with Gasteiger partial charge in [-0.05, 0) is 34.4 Å². The number of hydrogen-bond acceptors (Lipinski definition) is 10. The molecule has 6 rings (SSSR count). The molecule has 6 atom stereocenters. The number of methoxy groups -OCH3 is 1. The number of carbonyl (C=O) groups is 1. The fourth-order valence-corrected chi connectivity index (χ4v) is 6.03. The molecule has 0 radical (unpaired) electrons. The van der Waals surface area contributed by atoms with E-state index in [1.54, 1.807) is 25.4 Å². The number of carboxylic acid groups (broad SMARTS) is 1. The number of rotatable bonds is 18. The molecule has 272 valence electrons. The SMILES string of the molecule is CO[C@H]1O[C@H](COCc2cn([C@@H](Cc3ccc(O)cc3)C(=O)O)nn2)[C@@H](OCc2ccccc2)[C@H](OCc2ccccc2)[C@H]1OCc1ccccc1. The van der Waals surface area contributed by atoms with E-state index < -0.39 is 42.7 Å². The van der Waals surface area contributed by atoms with Crippen LogP contribution in [0.4, 0.5) is 0 Å². The van der Waals surface area contributed by atoms with Gasteiger partial charge in [-0.25, -0.2) is 9.48 Å². The Bertz CT molecular complexity index is 1790. The van der Waals surface area contributed by atoms with Gasteiger partial charge in [0, 0.05) is 13.5 Å². The van der Waals surface area contributed by atoms with E-state index >= 15 is 0 Å². The summed E-state index contributed by atoms with van der Waals surface area (Å²) in [6, 6.07) is 35.0. The second-order valence-corrected chi connectivity index (χ2v) is 12.5. The van der Waals surface area contributed by atoms with E-state index in [0.29, 0.717) is 25.5 Å². The minimum atomic E-state index is -1.06. The number of benzene rings is 4. The van der Waals surface area contributed by atoms with E-state index in [-0.39, 0.29) is 25.4 Å². The molecule has 2 heterocycles. The van der Waals surface area contributed by atoms with Crippen LogP contribution in [0.25, 0.3) is 0 Å². The normalized spacial score (nSPS) is 20.8. The molecule has 5 aromatic rings. The molecule has 12 nitrogen and oxygen atoms in total. The molecule has 1 fully saturated rings. The van der Waals surface area contributed by atoms with Gasteiger partial charge in [0.05, 0.1) is 39.2 Å². The molecule has 0 aliphatic carbocycles. The van der Waals surface area contributed by atoms with Crippen LogP contribution >= 0.6 is 0 Å². The number of nitrogens with zero attached hydrogens (tertiary/aromatic N) is 3. The number of phenols is 1. The second-order valence-electron chi connectivity index (χ2n) is 12.5. The summed E-state index contributed by atoms with van der Waals surface area (Å²) >= 11 is 0. The van der Waals surface area contributed by atoms with Crippen LogP contribution in [0.1, 0.15) is 34.0 Å². The van der Waals surface area contributed by atoms with Gasteiger partial charge in [0.2, 0.25) is 0 Å². The first kappa shape index (κ1) is 36.8. The van der Waals surface area contributed by atoms with E-state index in [9.17, 15) is 15.0 Å². The molecular formula is C40H43N3O9. The molecule has 12 heteroatoms. The lowest BCUT2D eigenvalue weighted by molar-refractivity contribution is -0.323. The third-order valence-electron chi connectivity index (χ3n) is 8.74. The molecule has 1 saturated heterocycles. The highest BCUT2D eigenvalue weighted by atomic mass is 16.7. The molecule has 0 bridgehead atoms. The molecule has 0 unspecified atom stereocenters. The van der Waals surface area contributed by atoms with E-state index in [4.69, 9.17) is 28.4 Å². The fourth-order valence-electron chi connectivity index (χ4n) is 6.03. The maximum Gasteiger partial charge on any atom is 0.328 e. The summed E-state index contributed by atoms with van der Waals surface area (Å²) in [6.07, 6.45) is -1.61. The zero-order valence-electron chi connectivity index (χ0n) is 28.8. The number of carboxylic acids is 1. The molecule has 0 saturated carbocycles. The average molecular weight is 710 g/mol. The van der Waals surface area contributed by atoms with Crippen LogP contribution in [0.2, 0.25) is 0 Å². The minimum Gasteiger partial charge on any atom is -0.508 e. The van der Waals surface area contributed by atoms with Crippen molar-refractivity contribution in [1.29, 1.82) is 0 Å². The van der Waals surface area contributed by atoms with Crippen molar-refractivity contribution in [2.75, 3.05) is 13.7 Å². The van der Waals surface area contributed by atoms with E-state index in [1.165, 1.54) is 16.8 Å². The maximum absolute atomic E-state index is 12.2. The van der Waals surface area contributed by atoms with Gasteiger partial charge in [-0.3, -0.25) is 0 Å². The Morgan fingerprint density at radius 3 is 1.81 bits per heavy atom. The summed E-state index contributed by atoms with van der Waals surface area (Å²) in [5, 5.41) is 27.8. The van der Waals surface area contributed by atoms with Gasteiger partial charge in [-0.1, -0.05) is 108 Å². The number of hydrogen-bond donors (Lipinski definition) is 2. The van der Waals surface area contributed by atoms with Gasteiger partial charge in [0.1, 0.15) is 35.9 Å². The number of phenolic OH excluding ortho intramolecular Hbond substituents is 1. The molecule has 4 aromatic carbocycles. The van der Waals surface area contributed by atoms with Gasteiger partial charge in [0.25, 0.3) is 0 Å². The summed E-state index contributed by atoms with van der Waals surface area (Å²) in [7, 11) is 1.57. The fraction of sp³-hybridized carbons (Fsp3) is 0.325. The monoisotopic (exact) mass is 709 g/mol. The number of aromatic nitrogens is 3. The molecule has 2 N–H and O–H groups in total. The topological polar surface area (TPSA) is 144 Å². The van der Waals surface area contributed by atoms with E-state index in [2.05, 4.69) is 10.3 Å². The predicted octanol–water partition coefficient (Wildman–Crippen LogP) is 5.50. The molecular weight excluding hydrogens is 666 g/mol. The van der Waals surface area contributed by atoms with Crippen LogP contribution in [0.5, 0.6) is 5.75 Å². The quantitative estimate of drug-likeness (QED) is 0.119. The Hall–Kier alpha value is -4.95. The Labute approximate surface area is 302 Å². The third-order valence-corrected chi connectivity index (χ3v) is 8.74. The van der Waals surface area contributed by atoms with Crippen LogP contribution in [0.15, 0.2) is 121 Å². The van der Waals surface area contributed by atoms with Crippen LogP contribution in [0.3, 0.4) is 0 Å². The Kier molecular flexibility index (Phi) is 13.1. The summed E-state index contributed by atoms with van der Waals surface area (Å²) in [6.45, 7) is 1.04. The lowest BCUT2D eigenvalue weighted by Gasteiger charge is -2.45. The third kappa shape index (κ3) is 10.1. The highest BCUT2D eigenvalue weighted by Gasteiger charge is 2.48. The summed E-state index contributed by atoms with van der Waals surface area (Å²) in [5.41, 5.74) is 4.15. The van der Waals surface area contributed by atoms with Crippen molar-refractivity contribution in [2.24, 2.45) is 0 Å². The molecule has 0 spiro atoms. The van der Waals surface area contributed by atoms with Crippen molar-refractivity contribution < 1.29 is 43.4 Å². The van der Waals surface area contributed by atoms with Gasteiger partial charge in [0.15, 0.2) is 12.3 Å². The Balaban J connectivity index is 1.19. The number of aliphatic carboxylic acids is 1. The molecule has 1 aliphatic heterocycles. The average Bonchev–Trinajstić information content (AvgIpc) is 3.65. The zero-order chi connectivity index (χ0) is 36.1. The molecule has 1 aromatic heterocycles. The predicted molar refractivity (Wildman–Crippen MR) is 189 cm³/mol. The zero-order valence-corrected chi connectivity index (χ0v) is 28.8. The summed E-state index contributed by atoms with van der Waals surface area (Å²) < 4.78 is 39.5. The highest BCUT2D eigenvalue weighted by molar-refractivity contribution is 5.72. The van der Waals surface area contributed by atoms with Crippen LogP contribution in [0, 0.1) is 0 Å². The lowest BCUT2D eigenvalue weighted by atomic mass is 9.97. The van der Waals surface area contributed by atoms with Crippen LogP contribution < -0.4 is 0 Å². The highest BCUT2D eigenvalue weighted by Crippen LogP contribution is 2.31. The number of ether oxygens (including phenoxy) is 6. The van der Waals surface area contributed by atoms with Gasteiger partial charge < -0.3 is 38.6 Å². The van der Waals surface area contributed by atoms with Crippen LogP contribution in [-0.4, -0.2) is 75.6 Å².